The fraction of sp³-hybridized carbons (Fsp3) is 0.250. The molecule has 3 rings (SSSR count). The van der Waals surface area contributed by atoms with E-state index in [1.165, 1.54) is 6.33 Å². The van der Waals surface area contributed by atoms with Crippen LogP contribution in [0.4, 0.5) is 0 Å². The molecule has 0 radical (unpaired) electrons. The minimum Gasteiger partial charge on any atom is -0.395 e. The summed E-state index contributed by atoms with van der Waals surface area (Å²) in [5.41, 5.74) is 1.95. The van der Waals surface area contributed by atoms with Crippen molar-refractivity contribution in [2.75, 3.05) is 13.2 Å². The molecule has 0 saturated carbocycles. The molecule has 2 N–H and O–H groups in total. The Morgan fingerprint density at radius 2 is 2.21 bits per heavy atom. The second kappa shape index (κ2) is 7.05. The maximum Gasteiger partial charge on any atom is 0.256 e. The van der Waals surface area contributed by atoms with Gasteiger partial charge in [-0.1, -0.05) is 12.1 Å². The average molecular weight is 326 g/mol. The van der Waals surface area contributed by atoms with Gasteiger partial charge in [0.05, 0.1) is 36.3 Å². The SMILES string of the molecule is Cc1ncc(CN(CCO)C(=O)c2ccccc2-n2cncn2)[nH]1. The molecule has 3 aromatic rings. The number of hydrogen-bond donors (Lipinski definition) is 2. The highest BCUT2D eigenvalue weighted by molar-refractivity contribution is 5.97. The number of nitrogens with zero attached hydrogens (tertiary/aromatic N) is 5. The molecule has 0 atom stereocenters. The maximum atomic E-state index is 13.0. The summed E-state index contributed by atoms with van der Waals surface area (Å²) < 4.78 is 1.55. The van der Waals surface area contributed by atoms with Gasteiger partial charge in [0.25, 0.3) is 5.91 Å². The Labute approximate surface area is 138 Å². The van der Waals surface area contributed by atoms with E-state index in [-0.39, 0.29) is 19.1 Å². The summed E-state index contributed by atoms with van der Waals surface area (Å²) in [6, 6.07) is 7.18. The minimum absolute atomic E-state index is 0.121. The number of aliphatic hydroxyl groups is 1. The fourth-order valence-corrected chi connectivity index (χ4v) is 2.49. The molecule has 0 aliphatic rings. The van der Waals surface area contributed by atoms with Crippen molar-refractivity contribution < 1.29 is 9.90 Å². The highest BCUT2D eigenvalue weighted by atomic mass is 16.3. The Morgan fingerprint density at radius 3 is 2.88 bits per heavy atom. The number of H-pyrrole nitrogens is 1. The van der Waals surface area contributed by atoms with E-state index in [2.05, 4.69) is 20.1 Å². The fourth-order valence-electron chi connectivity index (χ4n) is 2.49. The summed E-state index contributed by atoms with van der Waals surface area (Å²) in [4.78, 5) is 25.7. The monoisotopic (exact) mass is 326 g/mol. The van der Waals surface area contributed by atoms with Gasteiger partial charge in [0.15, 0.2) is 0 Å². The van der Waals surface area contributed by atoms with Gasteiger partial charge in [-0.25, -0.2) is 14.6 Å². The van der Waals surface area contributed by atoms with E-state index in [9.17, 15) is 9.90 Å². The number of aryl methyl sites for hydroxylation is 1. The Kier molecular flexibility index (Phi) is 4.66. The van der Waals surface area contributed by atoms with Crippen LogP contribution in [0.5, 0.6) is 0 Å². The lowest BCUT2D eigenvalue weighted by Gasteiger charge is -2.22. The van der Waals surface area contributed by atoms with Crippen LogP contribution in [-0.4, -0.2) is 53.8 Å². The van der Waals surface area contributed by atoms with Crippen molar-refractivity contribution in [2.45, 2.75) is 13.5 Å². The number of imidazole rings is 1. The number of hydrogen-bond acceptors (Lipinski definition) is 5. The van der Waals surface area contributed by atoms with Gasteiger partial charge in [-0.05, 0) is 19.1 Å². The van der Waals surface area contributed by atoms with E-state index in [4.69, 9.17) is 0 Å². The van der Waals surface area contributed by atoms with Gasteiger partial charge in [0.1, 0.15) is 18.5 Å². The van der Waals surface area contributed by atoms with E-state index >= 15 is 0 Å². The Balaban J connectivity index is 1.90. The van der Waals surface area contributed by atoms with E-state index < -0.39 is 0 Å². The number of aromatic nitrogens is 5. The number of benzene rings is 1. The quantitative estimate of drug-likeness (QED) is 0.702. The second-order valence-corrected chi connectivity index (χ2v) is 5.30. The van der Waals surface area contributed by atoms with Gasteiger partial charge in [0.2, 0.25) is 0 Å². The second-order valence-electron chi connectivity index (χ2n) is 5.30. The molecule has 1 aromatic carbocycles. The number of amides is 1. The number of nitrogens with one attached hydrogen (secondary N) is 1. The number of aromatic amines is 1. The first kappa shape index (κ1) is 15.9. The summed E-state index contributed by atoms with van der Waals surface area (Å²) in [6.45, 7) is 2.29. The van der Waals surface area contributed by atoms with Crippen LogP contribution in [0.2, 0.25) is 0 Å². The molecule has 0 spiro atoms. The molecule has 8 heteroatoms. The van der Waals surface area contributed by atoms with Crippen molar-refractivity contribution in [3.63, 3.8) is 0 Å². The molecule has 2 heterocycles. The number of carbonyl (C=O) groups is 1. The Bertz CT molecular complexity index is 812. The predicted octanol–water partition coefficient (Wildman–Crippen LogP) is 0.934. The van der Waals surface area contributed by atoms with Crippen LogP contribution in [0.25, 0.3) is 5.69 Å². The zero-order chi connectivity index (χ0) is 16.9. The highest BCUT2D eigenvalue weighted by Crippen LogP contribution is 2.16. The molecule has 8 nitrogen and oxygen atoms in total. The summed E-state index contributed by atoms with van der Waals surface area (Å²) in [7, 11) is 0. The lowest BCUT2D eigenvalue weighted by Crippen LogP contribution is -2.34. The van der Waals surface area contributed by atoms with Gasteiger partial charge in [0, 0.05) is 6.54 Å². The Morgan fingerprint density at radius 1 is 1.38 bits per heavy atom. The molecule has 0 aliphatic heterocycles. The third kappa shape index (κ3) is 3.33. The number of aliphatic hydroxyl groups excluding tert-OH is 1. The molecule has 24 heavy (non-hydrogen) atoms. The Hall–Kier alpha value is -3.00. The molecule has 0 bridgehead atoms. The standard InChI is InChI=1S/C16H18N6O2/c1-12-18-8-13(20-12)9-21(6-7-23)16(24)14-4-2-3-5-15(14)22-11-17-10-19-22/h2-5,8,10-11,23H,6-7,9H2,1H3,(H,18,20). The van der Waals surface area contributed by atoms with Crippen LogP contribution < -0.4 is 0 Å². The van der Waals surface area contributed by atoms with Gasteiger partial charge in [-0.2, -0.15) is 5.10 Å². The van der Waals surface area contributed by atoms with Crippen LogP contribution in [0.15, 0.2) is 43.1 Å². The van der Waals surface area contributed by atoms with Crippen LogP contribution in [0.1, 0.15) is 21.9 Å². The first-order chi connectivity index (χ1) is 11.7. The first-order valence-corrected chi connectivity index (χ1v) is 7.53. The van der Waals surface area contributed by atoms with Crippen molar-refractivity contribution in [3.8, 4) is 5.69 Å². The summed E-state index contributed by atoms with van der Waals surface area (Å²) >= 11 is 0. The van der Waals surface area contributed by atoms with Gasteiger partial charge in [-0.3, -0.25) is 4.79 Å². The zero-order valence-electron chi connectivity index (χ0n) is 13.3. The lowest BCUT2D eigenvalue weighted by molar-refractivity contribution is 0.0705. The predicted molar refractivity (Wildman–Crippen MR) is 86.5 cm³/mol. The van der Waals surface area contributed by atoms with Crippen molar-refractivity contribution in [2.24, 2.45) is 0 Å². The molecule has 0 aliphatic carbocycles. The van der Waals surface area contributed by atoms with E-state index in [1.807, 2.05) is 13.0 Å². The largest absolute Gasteiger partial charge is 0.395 e. The molecular formula is C16H18N6O2. The topological polar surface area (TPSA) is 99.9 Å². The van der Waals surface area contributed by atoms with Crippen molar-refractivity contribution in [1.29, 1.82) is 0 Å². The number of carbonyl (C=O) groups excluding carboxylic acids is 1. The third-order valence-corrected chi connectivity index (χ3v) is 3.57. The van der Waals surface area contributed by atoms with Crippen molar-refractivity contribution >= 4 is 5.91 Å². The highest BCUT2D eigenvalue weighted by Gasteiger charge is 2.20. The smallest absolute Gasteiger partial charge is 0.256 e. The molecule has 0 unspecified atom stereocenters. The van der Waals surface area contributed by atoms with Crippen LogP contribution in [0.3, 0.4) is 0 Å². The lowest BCUT2D eigenvalue weighted by atomic mass is 10.1. The molecule has 0 fully saturated rings. The van der Waals surface area contributed by atoms with Crippen LogP contribution in [-0.2, 0) is 6.54 Å². The summed E-state index contributed by atoms with van der Waals surface area (Å²) in [5.74, 6) is 0.590. The van der Waals surface area contributed by atoms with Crippen molar-refractivity contribution in [1.82, 2.24) is 29.6 Å². The van der Waals surface area contributed by atoms with Gasteiger partial charge < -0.3 is 15.0 Å². The number of rotatable bonds is 6. The van der Waals surface area contributed by atoms with E-state index in [0.29, 0.717) is 17.8 Å². The van der Waals surface area contributed by atoms with Gasteiger partial charge >= 0.3 is 0 Å². The molecular weight excluding hydrogens is 308 g/mol. The summed E-state index contributed by atoms with van der Waals surface area (Å²) in [5, 5.41) is 13.4. The van der Waals surface area contributed by atoms with Crippen molar-refractivity contribution in [3.05, 3.63) is 60.2 Å². The van der Waals surface area contributed by atoms with E-state index in [1.54, 1.807) is 40.3 Å². The molecule has 1 amide bonds. The first-order valence-electron chi connectivity index (χ1n) is 7.53. The third-order valence-electron chi connectivity index (χ3n) is 3.57. The summed E-state index contributed by atoms with van der Waals surface area (Å²) in [6.07, 6.45) is 4.65. The zero-order valence-corrected chi connectivity index (χ0v) is 13.3. The van der Waals surface area contributed by atoms with Gasteiger partial charge in [-0.15, -0.1) is 0 Å². The van der Waals surface area contributed by atoms with Crippen LogP contribution in [0, 0.1) is 6.92 Å². The minimum atomic E-state index is -0.192. The van der Waals surface area contributed by atoms with Crippen LogP contribution >= 0.6 is 0 Å². The normalized spacial score (nSPS) is 10.8. The molecule has 124 valence electrons. The van der Waals surface area contributed by atoms with E-state index in [0.717, 1.165) is 11.5 Å². The maximum absolute atomic E-state index is 13.0. The number of para-hydroxylation sites is 1. The molecule has 0 saturated heterocycles. The average Bonchev–Trinajstić information content (AvgIpc) is 3.26. The molecule has 2 aromatic heterocycles.